The normalized spacial score (nSPS) is 11.8. The first-order valence-corrected chi connectivity index (χ1v) is 6.80. The Labute approximate surface area is 113 Å². The summed E-state index contributed by atoms with van der Waals surface area (Å²) in [6.07, 6.45) is 0. The van der Waals surface area contributed by atoms with Crippen molar-refractivity contribution in [3.8, 4) is 0 Å². The molecule has 0 aliphatic rings. The number of rotatable bonds is 1. The Kier molecular flexibility index (Phi) is 2.56. The van der Waals surface area contributed by atoms with E-state index in [-0.39, 0.29) is 0 Å². The molecule has 0 saturated heterocycles. The third kappa shape index (κ3) is 1.56. The summed E-state index contributed by atoms with van der Waals surface area (Å²) in [5, 5.41) is 2.61. The van der Waals surface area contributed by atoms with Crippen LogP contribution in [-0.2, 0) is 0 Å². The highest BCUT2D eigenvalue weighted by Gasteiger charge is 2.17. The smallest absolute Gasteiger partial charge is 0.0527 e. The molecule has 0 atom stereocenters. The largest absolute Gasteiger partial charge is 0.398 e. The summed E-state index contributed by atoms with van der Waals surface area (Å²) >= 11 is 0. The first-order valence-electron chi connectivity index (χ1n) is 6.80. The van der Waals surface area contributed by atoms with Gasteiger partial charge in [0.25, 0.3) is 0 Å². The van der Waals surface area contributed by atoms with Crippen LogP contribution in [0.25, 0.3) is 21.8 Å². The molecule has 0 amide bonds. The fourth-order valence-electron chi connectivity index (χ4n) is 3.12. The van der Waals surface area contributed by atoms with E-state index in [0.717, 1.165) is 5.69 Å². The molecule has 0 bridgehead atoms. The molecule has 98 valence electrons. The average Bonchev–Trinajstić information content (AvgIpc) is 2.71. The summed E-state index contributed by atoms with van der Waals surface area (Å²) in [5.41, 5.74) is 12.1. The lowest BCUT2D eigenvalue weighted by Gasteiger charge is -2.14. The zero-order chi connectivity index (χ0) is 13.7. The number of fused-ring (bicyclic) bond motifs is 3. The number of benzene rings is 2. The lowest BCUT2D eigenvalue weighted by molar-refractivity contribution is 0.641. The maximum absolute atomic E-state index is 6.15. The predicted octanol–water partition coefficient (Wildman–Crippen LogP) is 4.57. The molecule has 19 heavy (non-hydrogen) atoms. The van der Waals surface area contributed by atoms with Crippen molar-refractivity contribution in [3.05, 3.63) is 41.5 Å². The van der Waals surface area contributed by atoms with Crippen molar-refractivity contribution < 1.29 is 0 Å². The van der Waals surface area contributed by atoms with E-state index in [2.05, 4.69) is 62.6 Å². The Balaban J connectivity index is 2.68. The Morgan fingerprint density at radius 3 is 2.47 bits per heavy atom. The number of nitrogen functional groups attached to an aromatic ring is 1. The second-order valence-corrected chi connectivity index (χ2v) is 5.61. The van der Waals surface area contributed by atoms with Crippen molar-refractivity contribution in [1.82, 2.24) is 4.57 Å². The second-order valence-electron chi connectivity index (χ2n) is 5.61. The molecular weight excluding hydrogens is 232 g/mol. The highest BCUT2D eigenvalue weighted by atomic mass is 15.0. The minimum Gasteiger partial charge on any atom is -0.398 e. The standard InChI is InChI=1S/C17H20N2/c1-10(2)19-15-8-6-5-7-13(15)16-12(4)14(18)9-11(3)17(16)19/h5-10H,18H2,1-4H3. The summed E-state index contributed by atoms with van der Waals surface area (Å²) in [6, 6.07) is 11.1. The quantitative estimate of drug-likeness (QED) is 0.632. The Hall–Kier alpha value is -1.96. The van der Waals surface area contributed by atoms with E-state index in [1.54, 1.807) is 0 Å². The number of nitrogens with zero attached hydrogens (tertiary/aromatic N) is 1. The van der Waals surface area contributed by atoms with Crippen molar-refractivity contribution in [2.45, 2.75) is 33.7 Å². The van der Waals surface area contributed by atoms with Gasteiger partial charge in [0.05, 0.1) is 5.52 Å². The van der Waals surface area contributed by atoms with Gasteiger partial charge in [0.15, 0.2) is 0 Å². The zero-order valence-electron chi connectivity index (χ0n) is 12.0. The minimum absolute atomic E-state index is 0.434. The number of hydrogen-bond donors (Lipinski definition) is 1. The van der Waals surface area contributed by atoms with E-state index in [4.69, 9.17) is 5.73 Å². The number of aromatic nitrogens is 1. The number of aryl methyl sites for hydroxylation is 2. The SMILES string of the molecule is Cc1c(N)cc(C)c2c1c1ccccc1n2C(C)C. The van der Waals surface area contributed by atoms with Gasteiger partial charge in [0, 0.05) is 28.0 Å². The van der Waals surface area contributed by atoms with Gasteiger partial charge in [-0.3, -0.25) is 0 Å². The van der Waals surface area contributed by atoms with Crippen LogP contribution < -0.4 is 5.73 Å². The van der Waals surface area contributed by atoms with Gasteiger partial charge in [-0.05, 0) is 51.0 Å². The van der Waals surface area contributed by atoms with E-state index >= 15 is 0 Å². The summed E-state index contributed by atoms with van der Waals surface area (Å²) in [6.45, 7) is 8.73. The third-order valence-corrected chi connectivity index (χ3v) is 3.98. The summed E-state index contributed by atoms with van der Waals surface area (Å²) < 4.78 is 2.42. The molecule has 1 heterocycles. The van der Waals surface area contributed by atoms with Gasteiger partial charge in [-0.15, -0.1) is 0 Å². The highest BCUT2D eigenvalue weighted by molar-refractivity contribution is 6.12. The average molecular weight is 252 g/mol. The molecule has 2 nitrogen and oxygen atoms in total. The molecule has 0 spiro atoms. The van der Waals surface area contributed by atoms with E-state index in [1.807, 2.05) is 0 Å². The fraction of sp³-hybridized carbons (Fsp3) is 0.294. The Morgan fingerprint density at radius 2 is 1.79 bits per heavy atom. The van der Waals surface area contributed by atoms with Crippen LogP contribution in [0.5, 0.6) is 0 Å². The van der Waals surface area contributed by atoms with Gasteiger partial charge in [0.2, 0.25) is 0 Å². The van der Waals surface area contributed by atoms with Crippen LogP contribution in [0.2, 0.25) is 0 Å². The molecule has 0 unspecified atom stereocenters. The molecule has 0 aliphatic carbocycles. The second kappa shape index (κ2) is 4.02. The Morgan fingerprint density at radius 1 is 1.11 bits per heavy atom. The van der Waals surface area contributed by atoms with Crippen LogP contribution >= 0.6 is 0 Å². The van der Waals surface area contributed by atoms with E-state index < -0.39 is 0 Å². The van der Waals surface area contributed by atoms with Crippen molar-refractivity contribution in [2.75, 3.05) is 5.73 Å². The lowest BCUT2D eigenvalue weighted by atomic mass is 10.0. The first kappa shape index (κ1) is 12.1. The van der Waals surface area contributed by atoms with Crippen molar-refractivity contribution >= 4 is 27.5 Å². The highest BCUT2D eigenvalue weighted by Crippen LogP contribution is 2.37. The van der Waals surface area contributed by atoms with Gasteiger partial charge in [-0.1, -0.05) is 18.2 Å². The molecule has 2 heteroatoms. The maximum Gasteiger partial charge on any atom is 0.0527 e. The number of hydrogen-bond acceptors (Lipinski definition) is 1. The number of anilines is 1. The molecule has 0 fully saturated rings. The molecule has 2 aromatic carbocycles. The van der Waals surface area contributed by atoms with Crippen LogP contribution in [0.1, 0.15) is 31.0 Å². The lowest BCUT2D eigenvalue weighted by Crippen LogP contribution is -2.02. The Bertz CT molecular complexity index is 779. The molecule has 1 aromatic heterocycles. The zero-order valence-corrected chi connectivity index (χ0v) is 12.0. The van der Waals surface area contributed by atoms with Crippen molar-refractivity contribution in [3.63, 3.8) is 0 Å². The maximum atomic E-state index is 6.15. The topological polar surface area (TPSA) is 30.9 Å². The van der Waals surface area contributed by atoms with Crippen molar-refractivity contribution in [2.24, 2.45) is 0 Å². The number of nitrogens with two attached hydrogens (primary N) is 1. The first-order chi connectivity index (χ1) is 9.02. The fourth-order valence-corrected chi connectivity index (χ4v) is 3.12. The van der Waals surface area contributed by atoms with E-state index in [0.29, 0.717) is 6.04 Å². The van der Waals surface area contributed by atoms with Crippen LogP contribution in [0, 0.1) is 13.8 Å². The summed E-state index contributed by atoms with van der Waals surface area (Å²) in [5.74, 6) is 0. The van der Waals surface area contributed by atoms with Gasteiger partial charge < -0.3 is 10.3 Å². The molecule has 0 aliphatic heterocycles. The number of para-hydroxylation sites is 1. The molecular formula is C17H20N2. The van der Waals surface area contributed by atoms with Crippen molar-refractivity contribution in [1.29, 1.82) is 0 Å². The van der Waals surface area contributed by atoms with E-state index in [1.165, 1.54) is 32.9 Å². The predicted molar refractivity (Wildman–Crippen MR) is 83.7 cm³/mol. The van der Waals surface area contributed by atoms with Crippen LogP contribution in [0.3, 0.4) is 0 Å². The van der Waals surface area contributed by atoms with Crippen LogP contribution in [-0.4, -0.2) is 4.57 Å². The summed E-state index contributed by atoms with van der Waals surface area (Å²) in [7, 11) is 0. The minimum atomic E-state index is 0.434. The molecule has 0 saturated carbocycles. The van der Waals surface area contributed by atoms with Crippen LogP contribution in [0.4, 0.5) is 5.69 Å². The summed E-state index contributed by atoms with van der Waals surface area (Å²) in [4.78, 5) is 0. The van der Waals surface area contributed by atoms with Gasteiger partial charge in [-0.2, -0.15) is 0 Å². The van der Waals surface area contributed by atoms with Crippen LogP contribution in [0.15, 0.2) is 30.3 Å². The molecule has 2 N–H and O–H groups in total. The van der Waals surface area contributed by atoms with E-state index in [9.17, 15) is 0 Å². The van der Waals surface area contributed by atoms with Gasteiger partial charge >= 0.3 is 0 Å². The van der Waals surface area contributed by atoms with Gasteiger partial charge in [0.1, 0.15) is 0 Å². The van der Waals surface area contributed by atoms with Gasteiger partial charge in [-0.25, -0.2) is 0 Å². The molecule has 0 radical (unpaired) electrons. The molecule has 3 rings (SSSR count). The third-order valence-electron chi connectivity index (χ3n) is 3.98. The monoisotopic (exact) mass is 252 g/mol. The molecule has 3 aromatic rings.